The summed E-state index contributed by atoms with van der Waals surface area (Å²) in [4.78, 5) is 4.85. The molecule has 5 nitrogen and oxygen atoms in total. The Balaban J connectivity index is 0.00000462. The summed E-state index contributed by atoms with van der Waals surface area (Å²) in [5.74, 6) is 2.05. The molecule has 0 radical (unpaired) electrons. The van der Waals surface area contributed by atoms with Crippen LogP contribution in [0.5, 0.6) is 11.5 Å². The molecule has 3 heterocycles. The third-order valence-electron chi connectivity index (χ3n) is 12.5. The third kappa shape index (κ3) is 6.78. The van der Waals surface area contributed by atoms with Gasteiger partial charge in [-0.3, -0.25) is 4.57 Å². The van der Waals surface area contributed by atoms with Crippen molar-refractivity contribution in [1.29, 1.82) is 0 Å². The Morgan fingerprint density at radius 3 is 2.18 bits per heavy atom. The molecule has 0 unspecified atom stereocenters. The number of pyridine rings is 1. The third-order valence-corrected chi connectivity index (χ3v) is 12.5. The van der Waals surface area contributed by atoms with Gasteiger partial charge in [-0.15, -0.1) is 29.7 Å². The van der Waals surface area contributed by atoms with E-state index in [1.807, 2.05) is 24.4 Å². The Kier molecular flexibility index (Phi) is 9.75. The molecule has 60 heavy (non-hydrogen) atoms. The van der Waals surface area contributed by atoms with Crippen LogP contribution < -0.4 is 9.30 Å². The molecule has 6 heteroatoms. The van der Waals surface area contributed by atoms with Gasteiger partial charge < -0.3 is 13.9 Å². The quantitative estimate of drug-likeness (QED) is 0.123. The van der Waals surface area contributed by atoms with E-state index in [0.717, 1.165) is 55.6 Å². The van der Waals surface area contributed by atoms with Crippen molar-refractivity contribution < 1.29 is 30.4 Å². The summed E-state index contributed by atoms with van der Waals surface area (Å²) in [7, 11) is 0. The first-order valence-electron chi connectivity index (χ1n) is 20.7. The van der Waals surface area contributed by atoms with Crippen molar-refractivity contribution in [2.45, 2.75) is 77.6 Å². The standard InChI is InChI=1S/C54H48N4O.Pt/c1-52(2,3)37-27-30-55-50(32-37)58-47-21-12-11-19-43(47)44-25-24-41(34-49(44)58)59-40-18-13-17-39(33-40)56-35-57(38-15-9-8-10-16-38)51-42(20-14-22-48(51)56)36-23-26-45-46(31-36)54(6,7)29-28-53(45,4)5;/h8-27,30-32H,28-29H2,1-7H3;/q-2;. The van der Waals surface area contributed by atoms with Gasteiger partial charge >= 0.3 is 0 Å². The Morgan fingerprint density at radius 1 is 0.667 bits per heavy atom. The monoisotopic (exact) mass is 963 g/mol. The molecule has 0 aliphatic heterocycles. The molecule has 0 bridgehead atoms. The fourth-order valence-corrected chi connectivity index (χ4v) is 9.01. The Bertz CT molecular complexity index is 3070. The van der Waals surface area contributed by atoms with Crippen LogP contribution in [0, 0.1) is 18.5 Å². The zero-order valence-electron chi connectivity index (χ0n) is 35.2. The SMILES string of the molecule is CC(C)(C)c1ccnc(-n2c3[c-]c(Oc4[c-]c(-n5[c-][n+](-c6ccccc6)c6c(-c7ccc8c(c7)C(C)(C)CCC8(C)C)cccc65)ccc4)ccc3c3ccccc32)c1.[Pt]. The number of hydrogen-bond donors (Lipinski definition) is 0. The molecule has 0 atom stereocenters. The van der Waals surface area contributed by atoms with Gasteiger partial charge in [0.2, 0.25) is 0 Å². The average molecular weight is 964 g/mol. The topological polar surface area (TPSA) is 35.9 Å². The minimum atomic E-state index is -0.0185. The van der Waals surface area contributed by atoms with E-state index in [0.29, 0.717) is 11.5 Å². The molecule has 1 aliphatic carbocycles. The zero-order valence-corrected chi connectivity index (χ0v) is 37.5. The van der Waals surface area contributed by atoms with Gasteiger partial charge in [0.05, 0.1) is 16.7 Å². The molecule has 0 spiro atoms. The van der Waals surface area contributed by atoms with Gasteiger partial charge in [0.25, 0.3) is 6.33 Å². The van der Waals surface area contributed by atoms with Crippen molar-refractivity contribution in [2.24, 2.45) is 0 Å². The van der Waals surface area contributed by atoms with Crippen molar-refractivity contribution in [3.63, 3.8) is 0 Å². The number of nitrogens with zero attached hydrogens (tertiary/aromatic N) is 4. The number of hydrogen-bond acceptors (Lipinski definition) is 2. The van der Waals surface area contributed by atoms with E-state index in [-0.39, 0.29) is 37.3 Å². The van der Waals surface area contributed by atoms with Crippen LogP contribution >= 0.6 is 0 Å². The van der Waals surface area contributed by atoms with Crippen LogP contribution in [0.25, 0.3) is 61.2 Å². The minimum Gasteiger partial charge on any atom is -0.510 e. The van der Waals surface area contributed by atoms with E-state index in [1.54, 1.807) is 0 Å². The van der Waals surface area contributed by atoms with E-state index in [9.17, 15) is 0 Å². The van der Waals surface area contributed by atoms with Crippen molar-refractivity contribution in [2.75, 3.05) is 0 Å². The van der Waals surface area contributed by atoms with Gasteiger partial charge in [-0.1, -0.05) is 127 Å². The molecule has 9 aromatic rings. The predicted molar refractivity (Wildman–Crippen MR) is 239 cm³/mol. The van der Waals surface area contributed by atoms with E-state index in [2.05, 4.69) is 196 Å². The summed E-state index contributed by atoms with van der Waals surface area (Å²) in [6.07, 6.45) is 7.98. The maximum atomic E-state index is 6.62. The normalized spacial score (nSPS) is 14.6. The summed E-state index contributed by atoms with van der Waals surface area (Å²) in [5.41, 5.74) is 12.7. The molecule has 0 amide bonds. The van der Waals surface area contributed by atoms with Crippen LogP contribution in [0.1, 0.15) is 78.0 Å². The Hall–Kier alpha value is -5.77. The summed E-state index contributed by atoms with van der Waals surface area (Å²) in [6, 6.07) is 54.3. The van der Waals surface area contributed by atoms with Crippen LogP contribution in [0.3, 0.4) is 0 Å². The molecule has 0 saturated heterocycles. The first-order valence-corrected chi connectivity index (χ1v) is 20.7. The average Bonchev–Trinajstić information content (AvgIpc) is 3.79. The van der Waals surface area contributed by atoms with Gasteiger partial charge in [-0.2, -0.15) is 18.2 Å². The Morgan fingerprint density at radius 2 is 1.38 bits per heavy atom. The number of benzene rings is 6. The molecule has 302 valence electrons. The summed E-state index contributed by atoms with van der Waals surface area (Å²) in [6.45, 7) is 16.2. The van der Waals surface area contributed by atoms with Crippen molar-refractivity contribution in [1.82, 2.24) is 14.1 Å². The number of fused-ring (bicyclic) bond motifs is 5. The first-order chi connectivity index (χ1) is 28.4. The van der Waals surface area contributed by atoms with Crippen LogP contribution in [-0.2, 0) is 37.3 Å². The number of para-hydroxylation sites is 3. The molecule has 3 aromatic heterocycles. The van der Waals surface area contributed by atoms with Gasteiger partial charge in [0.15, 0.2) is 0 Å². The molecule has 0 saturated carbocycles. The largest absolute Gasteiger partial charge is 0.510 e. The van der Waals surface area contributed by atoms with Gasteiger partial charge in [0, 0.05) is 44.3 Å². The molecular formula is C54H48N4OPt-2. The second kappa shape index (κ2) is 14.7. The van der Waals surface area contributed by atoms with Crippen LogP contribution in [0.2, 0.25) is 0 Å². The van der Waals surface area contributed by atoms with Crippen LogP contribution in [-0.4, -0.2) is 14.1 Å². The van der Waals surface area contributed by atoms with Crippen molar-refractivity contribution in [3.8, 4) is 39.8 Å². The van der Waals surface area contributed by atoms with Crippen LogP contribution in [0.15, 0.2) is 140 Å². The summed E-state index contributed by atoms with van der Waals surface area (Å²) in [5, 5.41) is 2.24. The fourth-order valence-electron chi connectivity index (χ4n) is 9.01. The number of aromatic nitrogens is 4. The summed E-state index contributed by atoms with van der Waals surface area (Å²) >= 11 is 0. The van der Waals surface area contributed by atoms with E-state index >= 15 is 0 Å². The molecule has 0 N–H and O–H groups in total. The maximum Gasteiger partial charge on any atom is 0.268 e. The molecule has 6 aromatic carbocycles. The first kappa shape index (κ1) is 39.7. The number of ether oxygens (including phenoxy) is 1. The van der Waals surface area contributed by atoms with Gasteiger partial charge in [0.1, 0.15) is 5.82 Å². The Labute approximate surface area is 367 Å². The zero-order chi connectivity index (χ0) is 40.7. The van der Waals surface area contributed by atoms with E-state index in [1.165, 1.54) is 35.1 Å². The second-order valence-corrected chi connectivity index (χ2v) is 18.4. The molecule has 10 rings (SSSR count). The number of imidazole rings is 1. The number of rotatable bonds is 6. The fraction of sp³-hybridized carbons (Fsp3) is 0.222. The van der Waals surface area contributed by atoms with Gasteiger partial charge in [-0.25, -0.2) is 4.98 Å². The summed E-state index contributed by atoms with van der Waals surface area (Å²) < 4.78 is 13.1. The van der Waals surface area contributed by atoms with Crippen LogP contribution in [0.4, 0.5) is 0 Å². The minimum absolute atomic E-state index is 0. The molecular weight excluding hydrogens is 916 g/mol. The second-order valence-electron chi connectivity index (χ2n) is 18.4. The van der Waals surface area contributed by atoms with E-state index in [4.69, 9.17) is 9.72 Å². The predicted octanol–water partition coefficient (Wildman–Crippen LogP) is 12.9. The van der Waals surface area contributed by atoms with Crippen molar-refractivity contribution >= 4 is 32.8 Å². The van der Waals surface area contributed by atoms with E-state index < -0.39 is 0 Å². The van der Waals surface area contributed by atoms with Crippen molar-refractivity contribution in [3.05, 3.63) is 175 Å². The van der Waals surface area contributed by atoms with Gasteiger partial charge in [-0.05, 0) is 98.3 Å². The maximum absolute atomic E-state index is 6.62. The molecule has 0 fully saturated rings. The smallest absolute Gasteiger partial charge is 0.268 e. The molecule has 1 aliphatic rings.